The summed E-state index contributed by atoms with van der Waals surface area (Å²) in [5.74, 6) is 0.945. The van der Waals surface area contributed by atoms with Crippen LogP contribution in [-0.4, -0.2) is 32.8 Å². The van der Waals surface area contributed by atoms with Crippen molar-refractivity contribution in [2.45, 2.75) is 39.2 Å². The molecule has 1 N–H and O–H groups in total. The maximum Gasteiger partial charge on any atom is 0.152 e. The van der Waals surface area contributed by atoms with E-state index in [9.17, 15) is 0 Å². The summed E-state index contributed by atoms with van der Waals surface area (Å²) in [6.07, 6.45) is 3.17. The van der Waals surface area contributed by atoms with Gasteiger partial charge in [0, 0.05) is 19.5 Å². The van der Waals surface area contributed by atoms with E-state index in [4.69, 9.17) is 0 Å². The van der Waals surface area contributed by atoms with E-state index in [2.05, 4.69) is 34.7 Å². The van der Waals surface area contributed by atoms with Crippen LogP contribution in [0.3, 0.4) is 0 Å². The van der Waals surface area contributed by atoms with Crippen molar-refractivity contribution in [1.82, 2.24) is 25.5 Å². The number of hydrogen-bond acceptors (Lipinski definition) is 4. The third-order valence-electron chi connectivity index (χ3n) is 2.31. The van der Waals surface area contributed by atoms with Crippen LogP contribution in [-0.2, 0) is 13.5 Å². The van der Waals surface area contributed by atoms with Gasteiger partial charge in [0.2, 0.25) is 0 Å². The number of nitrogens with one attached hydrogen (secondary N) is 1. The largest absolute Gasteiger partial charge is 0.314 e. The number of hydrogen-bond donors (Lipinski definition) is 1. The maximum atomic E-state index is 3.97. The molecule has 1 aromatic heterocycles. The molecule has 1 heterocycles. The summed E-state index contributed by atoms with van der Waals surface area (Å²) in [5.41, 5.74) is 0. The van der Waals surface area contributed by atoms with Crippen LogP contribution in [0.5, 0.6) is 0 Å². The topological polar surface area (TPSA) is 55.6 Å². The van der Waals surface area contributed by atoms with Gasteiger partial charge in [-0.15, -0.1) is 5.10 Å². The van der Waals surface area contributed by atoms with E-state index in [0.29, 0.717) is 6.04 Å². The van der Waals surface area contributed by atoms with Crippen LogP contribution in [0.1, 0.15) is 32.5 Å². The number of tetrazole rings is 1. The highest BCUT2D eigenvalue weighted by Gasteiger charge is 2.10. The summed E-state index contributed by atoms with van der Waals surface area (Å²) in [6, 6.07) is 0.486. The van der Waals surface area contributed by atoms with E-state index in [1.165, 1.54) is 0 Å². The molecule has 0 bridgehead atoms. The first-order chi connectivity index (χ1) is 6.77. The molecule has 1 rings (SSSR count). The minimum Gasteiger partial charge on any atom is -0.314 e. The SMILES string of the molecule is CCCNC(CC)Cc1nnnn1C. The smallest absolute Gasteiger partial charge is 0.152 e. The molecular weight excluding hydrogens is 178 g/mol. The van der Waals surface area contributed by atoms with Gasteiger partial charge in [-0.3, -0.25) is 0 Å². The van der Waals surface area contributed by atoms with Crippen LogP contribution in [0, 0.1) is 0 Å². The molecule has 0 aliphatic heterocycles. The van der Waals surface area contributed by atoms with Crippen LogP contribution >= 0.6 is 0 Å². The zero-order chi connectivity index (χ0) is 10.4. The second-order valence-electron chi connectivity index (χ2n) is 3.48. The van der Waals surface area contributed by atoms with Crippen LogP contribution in [0.25, 0.3) is 0 Å². The molecule has 0 fully saturated rings. The van der Waals surface area contributed by atoms with Gasteiger partial charge in [-0.05, 0) is 29.8 Å². The van der Waals surface area contributed by atoms with E-state index < -0.39 is 0 Å². The van der Waals surface area contributed by atoms with Crippen molar-refractivity contribution < 1.29 is 0 Å². The molecule has 0 spiro atoms. The first-order valence-electron chi connectivity index (χ1n) is 5.22. The number of aromatic nitrogens is 4. The maximum absolute atomic E-state index is 3.97. The first kappa shape index (κ1) is 11.1. The van der Waals surface area contributed by atoms with Gasteiger partial charge in [-0.2, -0.15) is 0 Å². The van der Waals surface area contributed by atoms with Gasteiger partial charge < -0.3 is 5.32 Å². The summed E-state index contributed by atoms with van der Waals surface area (Å²) in [7, 11) is 1.88. The van der Waals surface area contributed by atoms with E-state index in [1.54, 1.807) is 4.68 Å². The minimum absolute atomic E-state index is 0.486. The van der Waals surface area contributed by atoms with Crippen LogP contribution in [0.4, 0.5) is 0 Å². The quantitative estimate of drug-likeness (QED) is 0.723. The van der Waals surface area contributed by atoms with Crippen molar-refractivity contribution in [2.75, 3.05) is 6.54 Å². The van der Waals surface area contributed by atoms with Crippen molar-refractivity contribution in [1.29, 1.82) is 0 Å². The van der Waals surface area contributed by atoms with Gasteiger partial charge in [-0.25, -0.2) is 4.68 Å². The zero-order valence-corrected chi connectivity index (χ0v) is 9.19. The molecular formula is C9H19N5. The van der Waals surface area contributed by atoms with Crippen molar-refractivity contribution >= 4 is 0 Å². The Morgan fingerprint density at radius 1 is 1.43 bits per heavy atom. The van der Waals surface area contributed by atoms with Crippen molar-refractivity contribution in [3.8, 4) is 0 Å². The second-order valence-corrected chi connectivity index (χ2v) is 3.48. The van der Waals surface area contributed by atoms with Gasteiger partial charge in [0.05, 0.1) is 0 Å². The van der Waals surface area contributed by atoms with Gasteiger partial charge in [-0.1, -0.05) is 13.8 Å². The Kier molecular flexibility index (Phi) is 4.52. The highest BCUT2D eigenvalue weighted by Crippen LogP contribution is 2.00. The summed E-state index contributed by atoms with van der Waals surface area (Å²) in [6.45, 7) is 5.41. The molecule has 0 amide bonds. The Labute approximate surface area is 84.9 Å². The summed E-state index contributed by atoms with van der Waals surface area (Å²) in [4.78, 5) is 0. The van der Waals surface area contributed by atoms with Crippen LogP contribution < -0.4 is 5.32 Å². The fourth-order valence-electron chi connectivity index (χ4n) is 1.35. The van der Waals surface area contributed by atoms with Gasteiger partial charge in [0.15, 0.2) is 5.82 Å². The Morgan fingerprint density at radius 2 is 2.21 bits per heavy atom. The molecule has 14 heavy (non-hydrogen) atoms. The number of nitrogens with zero attached hydrogens (tertiary/aromatic N) is 4. The fraction of sp³-hybridized carbons (Fsp3) is 0.889. The molecule has 1 aromatic rings. The van der Waals surface area contributed by atoms with Crippen molar-refractivity contribution in [3.05, 3.63) is 5.82 Å². The molecule has 5 nitrogen and oxygen atoms in total. The molecule has 0 saturated heterocycles. The molecule has 80 valence electrons. The molecule has 0 aliphatic carbocycles. The fourth-order valence-corrected chi connectivity index (χ4v) is 1.35. The van der Waals surface area contributed by atoms with Gasteiger partial charge >= 0.3 is 0 Å². The Bertz CT molecular complexity index is 257. The monoisotopic (exact) mass is 197 g/mol. The normalized spacial score (nSPS) is 13.1. The Morgan fingerprint density at radius 3 is 2.71 bits per heavy atom. The molecule has 0 aromatic carbocycles. The Hall–Kier alpha value is -0.970. The molecule has 0 aliphatic rings. The highest BCUT2D eigenvalue weighted by atomic mass is 15.5. The van der Waals surface area contributed by atoms with Crippen LogP contribution in [0.2, 0.25) is 0 Å². The highest BCUT2D eigenvalue weighted by molar-refractivity contribution is 4.85. The first-order valence-corrected chi connectivity index (χ1v) is 5.22. The third-order valence-corrected chi connectivity index (χ3v) is 2.31. The third kappa shape index (κ3) is 3.06. The summed E-state index contributed by atoms with van der Waals surface area (Å²) in [5, 5.41) is 14.9. The lowest BCUT2D eigenvalue weighted by Gasteiger charge is -2.14. The van der Waals surface area contributed by atoms with Crippen molar-refractivity contribution in [2.24, 2.45) is 7.05 Å². The zero-order valence-electron chi connectivity index (χ0n) is 9.19. The lowest BCUT2D eigenvalue weighted by Crippen LogP contribution is -2.32. The average Bonchev–Trinajstić information content (AvgIpc) is 2.59. The van der Waals surface area contributed by atoms with E-state index in [0.717, 1.165) is 31.6 Å². The predicted molar refractivity (Wildman–Crippen MR) is 54.9 cm³/mol. The Balaban J connectivity index is 2.44. The molecule has 1 atom stereocenters. The molecule has 1 unspecified atom stereocenters. The molecule has 5 heteroatoms. The molecule has 0 radical (unpaired) electrons. The van der Waals surface area contributed by atoms with Crippen LogP contribution in [0.15, 0.2) is 0 Å². The van der Waals surface area contributed by atoms with E-state index in [-0.39, 0.29) is 0 Å². The minimum atomic E-state index is 0.486. The van der Waals surface area contributed by atoms with Gasteiger partial charge in [0.1, 0.15) is 0 Å². The number of aryl methyl sites for hydroxylation is 1. The average molecular weight is 197 g/mol. The second kappa shape index (κ2) is 5.70. The molecule has 0 saturated carbocycles. The standard InChI is InChI=1S/C9H19N5/c1-4-6-10-8(5-2)7-9-11-12-13-14(9)3/h8,10H,4-7H2,1-3H3. The number of rotatable bonds is 6. The van der Waals surface area contributed by atoms with E-state index in [1.807, 2.05) is 7.05 Å². The predicted octanol–water partition coefficient (Wildman–Crippen LogP) is 0.531. The van der Waals surface area contributed by atoms with E-state index >= 15 is 0 Å². The van der Waals surface area contributed by atoms with Gasteiger partial charge in [0.25, 0.3) is 0 Å². The lowest BCUT2D eigenvalue weighted by molar-refractivity contribution is 0.476. The van der Waals surface area contributed by atoms with Crippen molar-refractivity contribution in [3.63, 3.8) is 0 Å². The summed E-state index contributed by atoms with van der Waals surface area (Å²) < 4.78 is 1.73. The summed E-state index contributed by atoms with van der Waals surface area (Å²) >= 11 is 0. The lowest BCUT2D eigenvalue weighted by atomic mass is 10.1.